The van der Waals surface area contributed by atoms with Gasteiger partial charge in [0, 0.05) is 31.7 Å². The summed E-state index contributed by atoms with van der Waals surface area (Å²) < 4.78 is 6.57. The second-order valence-corrected chi connectivity index (χ2v) is 6.76. The number of hydrogen-bond acceptors (Lipinski definition) is 7. The number of anilines is 1. The zero-order chi connectivity index (χ0) is 17.6. The number of carbonyl (C=O) groups is 1. The molecule has 1 aliphatic heterocycles. The molecule has 1 saturated heterocycles. The molecule has 0 saturated carbocycles. The van der Waals surface area contributed by atoms with Gasteiger partial charge in [-0.2, -0.15) is 4.98 Å². The third-order valence-corrected chi connectivity index (χ3v) is 5.22. The molecular weight excluding hydrogens is 322 g/mol. The van der Waals surface area contributed by atoms with E-state index >= 15 is 0 Å². The number of hydrogen-bond donors (Lipinski definition) is 1. The zero-order valence-electron chi connectivity index (χ0n) is 14.4. The third-order valence-electron chi connectivity index (χ3n) is 5.22. The Morgan fingerprint density at radius 2 is 2.20 bits per heavy atom. The van der Waals surface area contributed by atoms with Gasteiger partial charge in [0.1, 0.15) is 0 Å². The van der Waals surface area contributed by atoms with Crippen molar-refractivity contribution in [3.8, 4) is 6.01 Å². The maximum Gasteiger partial charge on any atom is 0.314 e. The minimum atomic E-state index is -0.173. The van der Waals surface area contributed by atoms with Gasteiger partial charge in [-0.15, -0.1) is 5.10 Å². The van der Waals surface area contributed by atoms with Crippen LogP contribution in [0.3, 0.4) is 0 Å². The molecule has 0 bridgehead atoms. The van der Waals surface area contributed by atoms with Crippen LogP contribution >= 0.6 is 0 Å². The van der Waals surface area contributed by atoms with Crippen molar-refractivity contribution in [2.24, 2.45) is 7.05 Å². The Morgan fingerprint density at radius 1 is 1.36 bits per heavy atom. The van der Waals surface area contributed by atoms with E-state index in [0.717, 1.165) is 36.9 Å². The SMILES string of the molecule is COc1nc(C(=O)N2CCCC3(CCc4cnc(N)nc43)C2)nn1C. The fraction of sp³-hybridized carbons (Fsp3) is 0.562. The van der Waals surface area contributed by atoms with E-state index in [2.05, 4.69) is 20.1 Å². The summed E-state index contributed by atoms with van der Waals surface area (Å²) in [7, 11) is 3.21. The van der Waals surface area contributed by atoms with Crippen LogP contribution < -0.4 is 10.5 Å². The first-order valence-electron chi connectivity index (χ1n) is 8.38. The van der Waals surface area contributed by atoms with Gasteiger partial charge >= 0.3 is 6.01 Å². The van der Waals surface area contributed by atoms with Crippen LogP contribution in [0.1, 0.15) is 41.1 Å². The second kappa shape index (κ2) is 5.68. The summed E-state index contributed by atoms with van der Waals surface area (Å²) in [6.45, 7) is 1.30. The van der Waals surface area contributed by atoms with Crippen molar-refractivity contribution >= 4 is 11.9 Å². The topological polar surface area (TPSA) is 112 Å². The van der Waals surface area contributed by atoms with Crippen LogP contribution in [0.5, 0.6) is 6.01 Å². The lowest BCUT2D eigenvalue weighted by Crippen LogP contribution is -2.48. The molecule has 2 aliphatic rings. The van der Waals surface area contributed by atoms with E-state index in [9.17, 15) is 4.79 Å². The van der Waals surface area contributed by atoms with Crippen molar-refractivity contribution in [3.05, 3.63) is 23.3 Å². The molecular formula is C16H21N7O2. The molecule has 1 fully saturated rings. The van der Waals surface area contributed by atoms with Gasteiger partial charge in [-0.25, -0.2) is 14.6 Å². The summed E-state index contributed by atoms with van der Waals surface area (Å²) in [5.74, 6) is 0.282. The number of nitrogens with zero attached hydrogens (tertiary/aromatic N) is 6. The molecule has 1 spiro atoms. The van der Waals surface area contributed by atoms with Crippen LogP contribution in [-0.4, -0.2) is 55.7 Å². The fourth-order valence-electron chi connectivity index (χ4n) is 4.04. The van der Waals surface area contributed by atoms with Gasteiger partial charge in [0.25, 0.3) is 5.91 Å². The molecule has 9 nitrogen and oxygen atoms in total. The molecule has 1 atom stereocenters. The number of methoxy groups -OCH3 is 1. The number of rotatable bonds is 2. The Bertz CT molecular complexity index is 830. The van der Waals surface area contributed by atoms with Crippen molar-refractivity contribution in [1.82, 2.24) is 29.6 Å². The van der Waals surface area contributed by atoms with Gasteiger partial charge < -0.3 is 15.4 Å². The number of piperidine rings is 1. The Morgan fingerprint density at radius 3 is 2.96 bits per heavy atom. The summed E-state index contributed by atoms with van der Waals surface area (Å²) >= 11 is 0. The van der Waals surface area contributed by atoms with E-state index in [0.29, 0.717) is 25.0 Å². The molecule has 132 valence electrons. The number of nitrogens with two attached hydrogens (primary N) is 1. The minimum absolute atomic E-state index is 0.140. The molecule has 1 unspecified atom stereocenters. The van der Waals surface area contributed by atoms with Gasteiger partial charge in [-0.1, -0.05) is 0 Å². The lowest BCUT2D eigenvalue weighted by Gasteiger charge is -2.40. The highest BCUT2D eigenvalue weighted by Gasteiger charge is 2.45. The quantitative estimate of drug-likeness (QED) is 0.835. The Hall–Kier alpha value is -2.71. The van der Waals surface area contributed by atoms with Crippen molar-refractivity contribution in [3.63, 3.8) is 0 Å². The maximum absolute atomic E-state index is 12.9. The zero-order valence-corrected chi connectivity index (χ0v) is 14.4. The normalized spacial score (nSPS) is 22.2. The van der Waals surface area contributed by atoms with Gasteiger partial charge in [0.15, 0.2) is 0 Å². The average Bonchev–Trinajstić information content (AvgIpc) is 3.15. The third kappa shape index (κ3) is 2.50. The van der Waals surface area contributed by atoms with E-state index in [-0.39, 0.29) is 17.1 Å². The molecule has 9 heteroatoms. The number of aromatic nitrogens is 5. The van der Waals surface area contributed by atoms with E-state index in [4.69, 9.17) is 10.5 Å². The molecule has 1 aliphatic carbocycles. The standard InChI is InChI=1S/C16H21N7O2/c1-22-15(25-2)20-12(21-22)13(24)23-7-3-5-16(9-23)6-4-10-8-18-14(17)19-11(10)16/h8H,3-7,9H2,1-2H3,(H2,17,18,19). The Kier molecular flexibility index (Phi) is 3.59. The number of fused-ring (bicyclic) bond motifs is 2. The highest BCUT2D eigenvalue weighted by atomic mass is 16.5. The molecule has 0 aromatic carbocycles. The summed E-state index contributed by atoms with van der Waals surface area (Å²) in [5, 5.41) is 4.17. The van der Waals surface area contributed by atoms with Crippen molar-refractivity contribution < 1.29 is 9.53 Å². The largest absolute Gasteiger partial charge is 0.467 e. The molecule has 2 N–H and O–H groups in total. The first-order valence-corrected chi connectivity index (χ1v) is 8.38. The van der Waals surface area contributed by atoms with E-state index in [1.807, 2.05) is 11.1 Å². The summed E-state index contributed by atoms with van der Waals surface area (Å²) in [4.78, 5) is 27.5. The Labute approximate surface area is 145 Å². The first kappa shape index (κ1) is 15.8. The number of ether oxygens (including phenoxy) is 1. The number of carbonyl (C=O) groups excluding carboxylic acids is 1. The molecule has 1 amide bonds. The molecule has 0 radical (unpaired) electrons. The lowest BCUT2D eigenvalue weighted by atomic mass is 9.77. The highest BCUT2D eigenvalue weighted by Crippen LogP contribution is 2.44. The summed E-state index contributed by atoms with van der Waals surface area (Å²) in [5.41, 5.74) is 7.81. The predicted molar refractivity (Wildman–Crippen MR) is 89.1 cm³/mol. The van der Waals surface area contributed by atoms with Gasteiger partial charge in [-0.05, 0) is 31.2 Å². The van der Waals surface area contributed by atoms with Gasteiger partial charge in [-0.3, -0.25) is 4.79 Å². The number of nitrogen functional groups attached to an aromatic ring is 1. The van der Waals surface area contributed by atoms with Crippen molar-refractivity contribution in [1.29, 1.82) is 0 Å². The summed E-state index contributed by atoms with van der Waals surface area (Å²) in [6, 6.07) is 0.321. The number of amides is 1. The van der Waals surface area contributed by atoms with E-state index in [1.165, 1.54) is 11.8 Å². The maximum atomic E-state index is 12.9. The van der Waals surface area contributed by atoms with Crippen LogP contribution in [-0.2, 0) is 18.9 Å². The van der Waals surface area contributed by atoms with Crippen LogP contribution in [0.2, 0.25) is 0 Å². The molecule has 2 aromatic heterocycles. The Balaban J connectivity index is 1.62. The van der Waals surface area contributed by atoms with Crippen LogP contribution in [0, 0.1) is 0 Å². The number of likely N-dealkylation sites (tertiary alicyclic amines) is 1. The van der Waals surface area contributed by atoms with E-state index < -0.39 is 0 Å². The smallest absolute Gasteiger partial charge is 0.314 e. The summed E-state index contributed by atoms with van der Waals surface area (Å²) in [6.07, 6.45) is 5.62. The van der Waals surface area contributed by atoms with Crippen LogP contribution in [0.25, 0.3) is 0 Å². The van der Waals surface area contributed by atoms with Crippen molar-refractivity contribution in [2.75, 3.05) is 25.9 Å². The monoisotopic (exact) mass is 343 g/mol. The molecule has 2 aromatic rings. The van der Waals surface area contributed by atoms with Crippen LogP contribution in [0.4, 0.5) is 5.95 Å². The molecule has 4 rings (SSSR count). The van der Waals surface area contributed by atoms with Crippen LogP contribution in [0.15, 0.2) is 6.20 Å². The molecule has 3 heterocycles. The van der Waals surface area contributed by atoms with E-state index in [1.54, 1.807) is 7.05 Å². The fourth-order valence-corrected chi connectivity index (χ4v) is 4.04. The minimum Gasteiger partial charge on any atom is -0.467 e. The lowest BCUT2D eigenvalue weighted by molar-refractivity contribution is 0.0621. The second-order valence-electron chi connectivity index (χ2n) is 6.76. The number of aryl methyl sites for hydroxylation is 2. The van der Waals surface area contributed by atoms with Gasteiger partial charge in [0.2, 0.25) is 11.8 Å². The highest BCUT2D eigenvalue weighted by molar-refractivity contribution is 5.90. The predicted octanol–water partition coefficient (Wildman–Crippen LogP) is 0.316. The first-order chi connectivity index (χ1) is 12.0. The molecule has 25 heavy (non-hydrogen) atoms. The average molecular weight is 343 g/mol. The van der Waals surface area contributed by atoms with Crippen molar-refractivity contribution in [2.45, 2.75) is 31.1 Å². The van der Waals surface area contributed by atoms with Gasteiger partial charge in [0.05, 0.1) is 12.8 Å².